The maximum Gasteiger partial charge on any atom is 0.243 e. The normalized spacial score (nSPS) is 19.0. The SMILES string of the molecule is CC(=O)Nc1ccc(S(=O)(=O)N2CCc3ccccc3C2CC(=O)NC2CC2)cc1. The quantitative estimate of drug-likeness (QED) is 0.741. The minimum atomic E-state index is -3.82. The zero-order valence-corrected chi connectivity index (χ0v) is 17.6. The van der Waals surface area contributed by atoms with E-state index in [9.17, 15) is 18.0 Å². The molecule has 1 fully saturated rings. The molecular weight excluding hydrogens is 402 g/mol. The van der Waals surface area contributed by atoms with Gasteiger partial charge in [-0.05, 0) is 54.7 Å². The van der Waals surface area contributed by atoms with Gasteiger partial charge in [0.15, 0.2) is 0 Å². The highest BCUT2D eigenvalue weighted by Gasteiger charge is 2.38. The Morgan fingerprint density at radius 2 is 1.77 bits per heavy atom. The number of nitrogens with zero attached hydrogens (tertiary/aromatic N) is 1. The van der Waals surface area contributed by atoms with Crippen molar-refractivity contribution in [3.05, 3.63) is 59.7 Å². The zero-order valence-electron chi connectivity index (χ0n) is 16.8. The maximum atomic E-state index is 13.5. The average Bonchev–Trinajstić information content (AvgIpc) is 3.52. The standard InChI is InChI=1S/C22H25N3O4S/c1-15(26)23-17-8-10-19(11-9-17)30(28,29)25-13-12-16-4-2-3-5-20(16)21(25)14-22(27)24-18-6-7-18/h2-5,8-11,18,21H,6-7,12-14H2,1H3,(H,23,26)(H,24,27). The second kappa shape index (κ2) is 8.20. The highest BCUT2D eigenvalue weighted by Crippen LogP contribution is 2.36. The molecule has 8 heteroatoms. The topological polar surface area (TPSA) is 95.6 Å². The lowest BCUT2D eigenvalue weighted by molar-refractivity contribution is -0.122. The van der Waals surface area contributed by atoms with E-state index in [0.717, 1.165) is 24.0 Å². The van der Waals surface area contributed by atoms with Crippen molar-refractivity contribution in [3.8, 4) is 0 Å². The van der Waals surface area contributed by atoms with Crippen LogP contribution in [0, 0.1) is 0 Å². The van der Waals surface area contributed by atoms with E-state index in [4.69, 9.17) is 0 Å². The summed E-state index contributed by atoms with van der Waals surface area (Å²) in [4.78, 5) is 23.9. The third-order valence-electron chi connectivity index (χ3n) is 5.47. The number of fused-ring (bicyclic) bond motifs is 1. The molecule has 2 N–H and O–H groups in total. The first-order valence-corrected chi connectivity index (χ1v) is 11.6. The number of nitrogens with one attached hydrogen (secondary N) is 2. The van der Waals surface area contributed by atoms with Crippen molar-refractivity contribution in [3.63, 3.8) is 0 Å². The van der Waals surface area contributed by atoms with Crippen LogP contribution in [0.3, 0.4) is 0 Å². The molecule has 2 amide bonds. The Hall–Kier alpha value is -2.71. The fourth-order valence-corrected chi connectivity index (χ4v) is 5.47. The lowest BCUT2D eigenvalue weighted by Gasteiger charge is -2.36. The molecule has 0 bridgehead atoms. The van der Waals surface area contributed by atoms with Crippen molar-refractivity contribution < 1.29 is 18.0 Å². The molecule has 7 nitrogen and oxygen atoms in total. The van der Waals surface area contributed by atoms with Crippen LogP contribution in [0.25, 0.3) is 0 Å². The predicted molar refractivity (Wildman–Crippen MR) is 113 cm³/mol. The molecule has 2 aliphatic rings. The van der Waals surface area contributed by atoms with Crippen LogP contribution in [-0.4, -0.2) is 37.1 Å². The number of amides is 2. The van der Waals surface area contributed by atoms with E-state index in [0.29, 0.717) is 18.7 Å². The molecule has 2 aromatic carbocycles. The molecule has 30 heavy (non-hydrogen) atoms. The summed E-state index contributed by atoms with van der Waals surface area (Å²) in [5.41, 5.74) is 2.49. The molecule has 0 spiro atoms. The number of anilines is 1. The van der Waals surface area contributed by atoms with Crippen molar-refractivity contribution >= 4 is 27.5 Å². The molecule has 1 unspecified atom stereocenters. The molecule has 1 atom stereocenters. The average molecular weight is 428 g/mol. The molecular formula is C22H25N3O4S. The Morgan fingerprint density at radius 1 is 1.07 bits per heavy atom. The summed E-state index contributed by atoms with van der Waals surface area (Å²) in [5.74, 6) is -0.347. The number of rotatable bonds is 6. The van der Waals surface area contributed by atoms with Gasteiger partial charge < -0.3 is 10.6 Å². The first kappa shape index (κ1) is 20.6. The van der Waals surface area contributed by atoms with E-state index in [1.54, 1.807) is 12.1 Å². The third-order valence-corrected chi connectivity index (χ3v) is 7.39. The van der Waals surface area contributed by atoms with Gasteiger partial charge >= 0.3 is 0 Å². The molecule has 4 rings (SSSR count). The van der Waals surface area contributed by atoms with Gasteiger partial charge in [0, 0.05) is 31.6 Å². The van der Waals surface area contributed by atoms with E-state index in [1.807, 2.05) is 24.3 Å². The molecule has 158 valence electrons. The Kier molecular flexibility index (Phi) is 5.62. The maximum absolute atomic E-state index is 13.5. The molecule has 0 radical (unpaired) electrons. The van der Waals surface area contributed by atoms with Crippen LogP contribution in [0.4, 0.5) is 5.69 Å². The van der Waals surface area contributed by atoms with Gasteiger partial charge in [-0.3, -0.25) is 9.59 Å². The first-order valence-electron chi connectivity index (χ1n) is 10.1. The van der Waals surface area contributed by atoms with Crippen molar-refractivity contribution in [1.29, 1.82) is 0 Å². The Bertz CT molecular complexity index is 1060. The van der Waals surface area contributed by atoms with Crippen LogP contribution < -0.4 is 10.6 Å². The van der Waals surface area contributed by atoms with Crippen LogP contribution >= 0.6 is 0 Å². The van der Waals surface area contributed by atoms with E-state index in [2.05, 4.69) is 10.6 Å². The summed E-state index contributed by atoms with van der Waals surface area (Å²) < 4.78 is 28.4. The number of carbonyl (C=O) groups is 2. The predicted octanol–water partition coefficient (Wildman–Crippen LogP) is 2.60. The summed E-state index contributed by atoms with van der Waals surface area (Å²) in [7, 11) is -3.82. The summed E-state index contributed by atoms with van der Waals surface area (Å²) in [6, 6.07) is 13.5. The van der Waals surface area contributed by atoms with E-state index < -0.39 is 16.1 Å². The van der Waals surface area contributed by atoms with E-state index >= 15 is 0 Å². The van der Waals surface area contributed by atoms with Crippen molar-refractivity contribution in [2.45, 2.75) is 49.6 Å². The lowest BCUT2D eigenvalue weighted by Crippen LogP contribution is -2.42. The summed E-state index contributed by atoms with van der Waals surface area (Å²) in [5, 5.41) is 5.60. The Morgan fingerprint density at radius 3 is 2.43 bits per heavy atom. The fourth-order valence-electron chi connectivity index (χ4n) is 3.87. The lowest BCUT2D eigenvalue weighted by atomic mass is 9.92. The van der Waals surface area contributed by atoms with Crippen molar-refractivity contribution in [2.75, 3.05) is 11.9 Å². The molecule has 0 aromatic heterocycles. The fraction of sp³-hybridized carbons (Fsp3) is 0.364. The molecule has 1 heterocycles. The number of sulfonamides is 1. The van der Waals surface area contributed by atoms with Crippen LogP contribution in [0.5, 0.6) is 0 Å². The second-order valence-corrected chi connectivity index (χ2v) is 9.72. The summed E-state index contributed by atoms with van der Waals surface area (Å²) in [6.45, 7) is 1.71. The minimum Gasteiger partial charge on any atom is -0.353 e. The van der Waals surface area contributed by atoms with Crippen LogP contribution in [-0.2, 0) is 26.0 Å². The number of carbonyl (C=O) groups excluding carboxylic acids is 2. The monoisotopic (exact) mass is 427 g/mol. The van der Waals surface area contributed by atoms with Gasteiger partial charge in [-0.1, -0.05) is 24.3 Å². The smallest absolute Gasteiger partial charge is 0.243 e. The third kappa shape index (κ3) is 4.39. The minimum absolute atomic E-state index is 0.0940. The number of hydrogen-bond donors (Lipinski definition) is 2. The van der Waals surface area contributed by atoms with Gasteiger partial charge in [0.25, 0.3) is 0 Å². The van der Waals surface area contributed by atoms with Crippen LogP contribution in [0.1, 0.15) is 43.4 Å². The summed E-state index contributed by atoms with van der Waals surface area (Å²) >= 11 is 0. The van der Waals surface area contributed by atoms with Gasteiger partial charge in [0.2, 0.25) is 21.8 Å². The molecule has 0 saturated heterocycles. The van der Waals surface area contributed by atoms with E-state index in [1.165, 1.54) is 23.4 Å². The van der Waals surface area contributed by atoms with Crippen LogP contribution in [0.2, 0.25) is 0 Å². The summed E-state index contributed by atoms with van der Waals surface area (Å²) in [6.07, 6.45) is 2.65. The van der Waals surface area contributed by atoms with Gasteiger partial charge in [0.05, 0.1) is 10.9 Å². The zero-order chi connectivity index (χ0) is 21.3. The van der Waals surface area contributed by atoms with Gasteiger partial charge in [-0.2, -0.15) is 4.31 Å². The largest absolute Gasteiger partial charge is 0.353 e. The van der Waals surface area contributed by atoms with Crippen molar-refractivity contribution in [1.82, 2.24) is 9.62 Å². The van der Waals surface area contributed by atoms with Gasteiger partial charge in [-0.15, -0.1) is 0 Å². The highest BCUT2D eigenvalue weighted by molar-refractivity contribution is 7.89. The number of hydrogen-bond acceptors (Lipinski definition) is 4. The number of benzene rings is 2. The Balaban J connectivity index is 1.64. The van der Waals surface area contributed by atoms with Gasteiger partial charge in [0.1, 0.15) is 0 Å². The van der Waals surface area contributed by atoms with Gasteiger partial charge in [-0.25, -0.2) is 8.42 Å². The molecule has 2 aromatic rings. The van der Waals surface area contributed by atoms with Crippen molar-refractivity contribution in [2.24, 2.45) is 0 Å². The molecule has 1 aliphatic carbocycles. The Labute approximate surface area is 176 Å². The molecule has 1 saturated carbocycles. The second-order valence-electron chi connectivity index (χ2n) is 7.83. The van der Waals surface area contributed by atoms with Crippen LogP contribution in [0.15, 0.2) is 53.4 Å². The highest BCUT2D eigenvalue weighted by atomic mass is 32.2. The molecule has 1 aliphatic heterocycles. The first-order chi connectivity index (χ1) is 14.3. The van der Waals surface area contributed by atoms with E-state index in [-0.39, 0.29) is 29.2 Å².